The number of benzene rings is 1. The number of thiophene rings is 1. The molecule has 1 aromatic heterocycles. The molecule has 2 aromatic rings. The number of aryl methyl sites for hydroxylation is 1. The standard InChI is InChI=1S/C18H19BrN2O2S/c1-12-2-4-13(5-3-12)10-21-11-14(8-17(21)22)18(23)20-9-15-6-7-16(19)24-15/h2-7,14H,8-11H2,1H3,(H,20,23). The van der Waals surface area contributed by atoms with Gasteiger partial charge in [-0.3, -0.25) is 9.59 Å². The Kier molecular flexibility index (Phi) is 5.36. The first-order valence-electron chi connectivity index (χ1n) is 7.86. The Hall–Kier alpha value is -1.66. The van der Waals surface area contributed by atoms with Gasteiger partial charge in [-0.15, -0.1) is 11.3 Å². The maximum atomic E-state index is 12.3. The van der Waals surface area contributed by atoms with Gasteiger partial charge in [0.2, 0.25) is 11.8 Å². The molecule has 1 unspecified atom stereocenters. The van der Waals surface area contributed by atoms with Crippen LogP contribution in [0.4, 0.5) is 0 Å². The van der Waals surface area contributed by atoms with E-state index in [4.69, 9.17) is 0 Å². The van der Waals surface area contributed by atoms with Gasteiger partial charge >= 0.3 is 0 Å². The minimum Gasteiger partial charge on any atom is -0.351 e. The second kappa shape index (κ2) is 7.49. The molecular weight excluding hydrogens is 388 g/mol. The van der Waals surface area contributed by atoms with Crippen LogP contribution >= 0.6 is 27.3 Å². The van der Waals surface area contributed by atoms with E-state index >= 15 is 0 Å². The van der Waals surface area contributed by atoms with Crippen LogP contribution in [0.2, 0.25) is 0 Å². The van der Waals surface area contributed by atoms with E-state index in [1.165, 1.54) is 5.56 Å². The normalized spacial score (nSPS) is 17.3. The molecule has 0 spiro atoms. The van der Waals surface area contributed by atoms with Crippen LogP contribution in [0.3, 0.4) is 0 Å². The summed E-state index contributed by atoms with van der Waals surface area (Å²) < 4.78 is 1.05. The molecule has 2 amide bonds. The number of nitrogens with zero attached hydrogens (tertiary/aromatic N) is 1. The summed E-state index contributed by atoms with van der Waals surface area (Å²) in [5.41, 5.74) is 2.29. The third-order valence-electron chi connectivity index (χ3n) is 4.15. The van der Waals surface area contributed by atoms with Crippen molar-refractivity contribution in [2.45, 2.75) is 26.4 Å². The van der Waals surface area contributed by atoms with E-state index in [0.717, 1.165) is 14.2 Å². The Balaban J connectivity index is 1.53. The van der Waals surface area contributed by atoms with Gasteiger partial charge in [-0.25, -0.2) is 0 Å². The molecule has 4 nitrogen and oxygen atoms in total. The van der Waals surface area contributed by atoms with Crippen molar-refractivity contribution < 1.29 is 9.59 Å². The van der Waals surface area contributed by atoms with Crippen molar-refractivity contribution in [2.75, 3.05) is 6.54 Å². The lowest BCUT2D eigenvalue weighted by Crippen LogP contribution is -2.32. The van der Waals surface area contributed by atoms with Crippen LogP contribution in [-0.2, 0) is 22.7 Å². The molecular formula is C18H19BrN2O2S. The lowest BCUT2D eigenvalue weighted by molar-refractivity contribution is -0.129. The lowest BCUT2D eigenvalue weighted by Gasteiger charge is -2.16. The molecule has 3 rings (SSSR count). The highest BCUT2D eigenvalue weighted by molar-refractivity contribution is 9.11. The summed E-state index contributed by atoms with van der Waals surface area (Å²) in [7, 11) is 0. The summed E-state index contributed by atoms with van der Waals surface area (Å²) in [6.07, 6.45) is 0.297. The van der Waals surface area contributed by atoms with Crippen LogP contribution in [0.5, 0.6) is 0 Å². The Labute approximate surface area is 154 Å². The van der Waals surface area contributed by atoms with E-state index in [0.29, 0.717) is 26.1 Å². The maximum absolute atomic E-state index is 12.3. The molecule has 1 N–H and O–H groups in total. The van der Waals surface area contributed by atoms with Gasteiger partial charge in [0.1, 0.15) is 0 Å². The highest BCUT2D eigenvalue weighted by Gasteiger charge is 2.34. The fourth-order valence-corrected chi connectivity index (χ4v) is 4.20. The van der Waals surface area contributed by atoms with Crippen LogP contribution < -0.4 is 5.32 Å². The van der Waals surface area contributed by atoms with E-state index in [1.54, 1.807) is 16.2 Å². The second-order valence-corrected chi connectivity index (χ2v) is 8.63. The quantitative estimate of drug-likeness (QED) is 0.825. The molecule has 1 aliphatic heterocycles. The highest BCUT2D eigenvalue weighted by Crippen LogP contribution is 2.23. The van der Waals surface area contributed by atoms with E-state index in [-0.39, 0.29) is 17.7 Å². The number of hydrogen-bond acceptors (Lipinski definition) is 3. The topological polar surface area (TPSA) is 49.4 Å². The van der Waals surface area contributed by atoms with Crippen molar-refractivity contribution in [2.24, 2.45) is 5.92 Å². The van der Waals surface area contributed by atoms with Crippen molar-refractivity contribution in [3.05, 3.63) is 56.2 Å². The molecule has 6 heteroatoms. The first-order valence-corrected chi connectivity index (χ1v) is 9.47. The maximum Gasteiger partial charge on any atom is 0.225 e. The Morgan fingerprint density at radius 3 is 2.71 bits per heavy atom. The van der Waals surface area contributed by atoms with Gasteiger partial charge < -0.3 is 10.2 Å². The first kappa shape index (κ1) is 17.2. The van der Waals surface area contributed by atoms with Gasteiger partial charge in [0.05, 0.1) is 16.2 Å². The number of carbonyl (C=O) groups is 2. The van der Waals surface area contributed by atoms with Crippen LogP contribution in [0.1, 0.15) is 22.4 Å². The van der Waals surface area contributed by atoms with Crippen LogP contribution in [-0.4, -0.2) is 23.3 Å². The zero-order valence-corrected chi connectivity index (χ0v) is 15.8. The number of amides is 2. The predicted molar refractivity (Wildman–Crippen MR) is 98.6 cm³/mol. The molecule has 1 fully saturated rings. The number of likely N-dealkylation sites (tertiary alicyclic amines) is 1. The van der Waals surface area contributed by atoms with Crippen molar-refractivity contribution in [3.8, 4) is 0 Å². The first-order chi connectivity index (χ1) is 11.5. The van der Waals surface area contributed by atoms with Crippen molar-refractivity contribution >= 4 is 39.1 Å². The molecule has 1 aliphatic rings. The van der Waals surface area contributed by atoms with Crippen LogP contribution in [0.15, 0.2) is 40.2 Å². The van der Waals surface area contributed by atoms with Gasteiger partial charge in [-0.05, 0) is 40.5 Å². The molecule has 126 valence electrons. The molecule has 1 aromatic carbocycles. The fourth-order valence-electron chi connectivity index (χ4n) is 2.78. The van der Waals surface area contributed by atoms with E-state index in [9.17, 15) is 9.59 Å². The smallest absolute Gasteiger partial charge is 0.225 e. The summed E-state index contributed by atoms with van der Waals surface area (Å²) in [5.74, 6) is -0.250. The average molecular weight is 407 g/mol. The summed E-state index contributed by atoms with van der Waals surface area (Å²) >= 11 is 5.01. The number of hydrogen-bond donors (Lipinski definition) is 1. The SMILES string of the molecule is Cc1ccc(CN2CC(C(=O)NCc3ccc(Br)s3)CC2=O)cc1. The molecule has 24 heavy (non-hydrogen) atoms. The van der Waals surface area contributed by atoms with E-state index in [2.05, 4.69) is 21.2 Å². The molecule has 1 atom stereocenters. The lowest BCUT2D eigenvalue weighted by atomic mass is 10.1. The summed E-state index contributed by atoms with van der Waals surface area (Å²) in [5, 5.41) is 2.94. The molecule has 2 heterocycles. The average Bonchev–Trinajstić information content (AvgIpc) is 3.13. The minimum absolute atomic E-state index is 0.0423. The third kappa shape index (κ3) is 4.24. The molecule has 1 saturated heterocycles. The van der Waals surface area contributed by atoms with Gasteiger partial charge in [-0.1, -0.05) is 29.8 Å². The number of nitrogens with one attached hydrogen (secondary N) is 1. The van der Waals surface area contributed by atoms with E-state index < -0.39 is 0 Å². The number of rotatable bonds is 5. The van der Waals surface area contributed by atoms with Crippen molar-refractivity contribution in [1.29, 1.82) is 0 Å². The largest absolute Gasteiger partial charge is 0.351 e. The Bertz CT molecular complexity index is 742. The van der Waals surface area contributed by atoms with Gasteiger partial charge in [0.15, 0.2) is 0 Å². The van der Waals surface area contributed by atoms with Gasteiger partial charge in [0, 0.05) is 24.4 Å². The molecule has 0 bridgehead atoms. The van der Waals surface area contributed by atoms with Crippen LogP contribution in [0, 0.1) is 12.8 Å². The monoisotopic (exact) mass is 406 g/mol. The number of halogens is 1. The summed E-state index contributed by atoms with van der Waals surface area (Å²) in [4.78, 5) is 27.4. The zero-order chi connectivity index (χ0) is 17.1. The highest BCUT2D eigenvalue weighted by atomic mass is 79.9. The predicted octanol–water partition coefficient (Wildman–Crippen LogP) is 3.48. The van der Waals surface area contributed by atoms with Crippen molar-refractivity contribution in [3.63, 3.8) is 0 Å². The zero-order valence-electron chi connectivity index (χ0n) is 13.4. The molecule has 0 radical (unpaired) electrons. The summed E-state index contributed by atoms with van der Waals surface area (Å²) in [6.45, 7) is 3.61. The van der Waals surface area contributed by atoms with Crippen molar-refractivity contribution in [1.82, 2.24) is 10.2 Å². The Morgan fingerprint density at radius 1 is 1.29 bits per heavy atom. The minimum atomic E-state index is -0.258. The molecule has 0 aliphatic carbocycles. The fraction of sp³-hybridized carbons (Fsp3) is 0.333. The summed E-state index contributed by atoms with van der Waals surface area (Å²) in [6, 6.07) is 12.1. The van der Waals surface area contributed by atoms with Gasteiger partial charge in [-0.2, -0.15) is 0 Å². The van der Waals surface area contributed by atoms with Gasteiger partial charge in [0.25, 0.3) is 0 Å². The van der Waals surface area contributed by atoms with Crippen LogP contribution in [0.25, 0.3) is 0 Å². The second-order valence-electron chi connectivity index (χ2n) is 6.08. The third-order valence-corrected chi connectivity index (χ3v) is 5.77. The molecule has 0 saturated carbocycles. The Morgan fingerprint density at radius 2 is 2.04 bits per heavy atom. The van der Waals surface area contributed by atoms with E-state index in [1.807, 2.05) is 43.3 Å². The number of carbonyl (C=O) groups excluding carboxylic acids is 2.